The summed E-state index contributed by atoms with van der Waals surface area (Å²) in [5.74, 6) is 3.34. The highest BCUT2D eigenvalue weighted by molar-refractivity contribution is 7.99. The van der Waals surface area contributed by atoms with Gasteiger partial charge in [-0.05, 0) is 48.2 Å². The Morgan fingerprint density at radius 2 is 2.29 bits per heavy atom. The van der Waals surface area contributed by atoms with E-state index >= 15 is 0 Å². The van der Waals surface area contributed by atoms with Crippen molar-refractivity contribution in [3.8, 4) is 0 Å². The van der Waals surface area contributed by atoms with Gasteiger partial charge in [0.25, 0.3) is 0 Å². The molecule has 2 nitrogen and oxygen atoms in total. The minimum absolute atomic E-state index is 0.0303. The van der Waals surface area contributed by atoms with Crippen LogP contribution in [-0.4, -0.2) is 24.0 Å². The van der Waals surface area contributed by atoms with E-state index < -0.39 is 0 Å². The minimum atomic E-state index is -0.0303. The van der Waals surface area contributed by atoms with Crippen molar-refractivity contribution in [3.63, 3.8) is 0 Å². The molecule has 0 aromatic heterocycles. The third-order valence-corrected chi connectivity index (χ3v) is 4.54. The van der Waals surface area contributed by atoms with E-state index in [1.807, 2.05) is 0 Å². The van der Waals surface area contributed by atoms with Crippen molar-refractivity contribution in [1.82, 2.24) is 5.32 Å². The number of carbonyl (C=O) groups is 1. The van der Waals surface area contributed by atoms with Gasteiger partial charge in [-0.15, -0.1) is 0 Å². The van der Waals surface area contributed by atoms with E-state index in [-0.39, 0.29) is 5.91 Å². The van der Waals surface area contributed by atoms with Crippen molar-refractivity contribution in [1.29, 1.82) is 0 Å². The summed E-state index contributed by atoms with van der Waals surface area (Å²) in [5, 5.41) is 2.90. The SMILES string of the molecule is C=CC(=O)NCC1CC12CCSCC2. The van der Waals surface area contributed by atoms with E-state index in [0.29, 0.717) is 5.41 Å². The first-order valence-electron chi connectivity index (χ1n) is 5.25. The fourth-order valence-corrected chi connectivity index (χ4v) is 3.71. The van der Waals surface area contributed by atoms with E-state index in [4.69, 9.17) is 0 Å². The lowest BCUT2D eigenvalue weighted by Gasteiger charge is -2.22. The monoisotopic (exact) mass is 211 g/mol. The average molecular weight is 211 g/mol. The van der Waals surface area contributed by atoms with Crippen LogP contribution in [0.15, 0.2) is 12.7 Å². The van der Waals surface area contributed by atoms with Crippen molar-refractivity contribution < 1.29 is 4.79 Å². The number of amides is 1. The molecule has 0 radical (unpaired) electrons. The quantitative estimate of drug-likeness (QED) is 0.722. The number of rotatable bonds is 3. The molecule has 2 rings (SSSR count). The summed E-state index contributed by atoms with van der Waals surface area (Å²) in [5.41, 5.74) is 0.611. The summed E-state index contributed by atoms with van der Waals surface area (Å²) in [6, 6.07) is 0. The molecule has 2 aliphatic rings. The highest BCUT2D eigenvalue weighted by atomic mass is 32.2. The van der Waals surface area contributed by atoms with Gasteiger partial charge in [0, 0.05) is 6.54 Å². The molecule has 1 N–H and O–H groups in total. The van der Waals surface area contributed by atoms with Crippen molar-refractivity contribution in [2.75, 3.05) is 18.1 Å². The van der Waals surface area contributed by atoms with Crippen LogP contribution in [0.2, 0.25) is 0 Å². The van der Waals surface area contributed by atoms with Gasteiger partial charge in [-0.25, -0.2) is 0 Å². The molecule has 78 valence electrons. The van der Waals surface area contributed by atoms with Crippen LogP contribution < -0.4 is 5.32 Å². The topological polar surface area (TPSA) is 29.1 Å². The van der Waals surface area contributed by atoms with Gasteiger partial charge in [0.05, 0.1) is 0 Å². The van der Waals surface area contributed by atoms with Crippen LogP contribution in [0.3, 0.4) is 0 Å². The first kappa shape index (κ1) is 10.1. The van der Waals surface area contributed by atoms with Gasteiger partial charge >= 0.3 is 0 Å². The molecule has 1 aliphatic carbocycles. The van der Waals surface area contributed by atoms with Gasteiger partial charge in [-0.1, -0.05) is 6.58 Å². The Kier molecular flexibility index (Phi) is 2.86. The largest absolute Gasteiger partial charge is 0.352 e. The maximum Gasteiger partial charge on any atom is 0.243 e. The van der Waals surface area contributed by atoms with Crippen LogP contribution >= 0.6 is 11.8 Å². The molecule has 1 saturated carbocycles. The van der Waals surface area contributed by atoms with Crippen molar-refractivity contribution in [2.45, 2.75) is 19.3 Å². The van der Waals surface area contributed by atoms with E-state index in [0.717, 1.165) is 12.5 Å². The summed E-state index contributed by atoms with van der Waals surface area (Å²) in [6.45, 7) is 4.30. The average Bonchev–Trinajstić information content (AvgIpc) is 2.89. The Morgan fingerprint density at radius 1 is 1.57 bits per heavy atom. The van der Waals surface area contributed by atoms with Crippen LogP contribution in [0, 0.1) is 11.3 Å². The zero-order valence-electron chi connectivity index (χ0n) is 8.42. The molecule has 1 saturated heterocycles. The Balaban J connectivity index is 1.74. The maximum atomic E-state index is 11.0. The summed E-state index contributed by atoms with van der Waals surface area (Å²) < 4.78 is 0. The molecule has 1 aliphatic heterocycles. The van der Waals surface area contributed by atoms with Gasteiger partial charge in [0.2, 0.25) is 5.91 Å². The van der Waals surface area contributed by atoms with E-state index in [1.165, 1.54) is 36.8 Å². The second kappa shape index (κ2) is 3.97. The Morgan fingerprint density at radius 3 is 2.93 bits per heavy atom. The zero-order valence-corrected chi connectivity index (χ0v) is 9.24. The van der Waals surface area contributed by atoms with Crippen LogP contribution in [0.1, 0.15) is 19.3 Å². The molecule has 1 heterocycles. The lowest BCUT2D eigenvalue weighted by Crippen LogP contribution is -2.26. The van der Waals surface area contributed by atoms with Crippen LogP contribution in [0.4, 0.5) is 0 Å². The fourth-order valence-electron chi connectivity index (χ4n) is 2.41. The van der Waals surface area contributed by atoms with E-state index in [2.05, 4.69) is 23.7 Å². The van der Waals surface area contributed by atoms with Crippen LogP contribution in [0.25, 0.3) is 0 Å². The maximum absolute atomic E-state index is 11.0. The normalized spacial score (nSPS) is 28.4. The fraction of sp³-hybridized carbons (Fsp3) is 0.727. The molecule has 0 bridgehead atoms. The summed E-state index contributed by atoms with van der Waals surface area (Å²) >= 11 is 2.06. The van der Waals surface area contributed by atoms with Crippen LogP contribution in [0.5, 0.6) is 0 Å². The minimum Gasteiger partial charge on any atom is -0.352 e. The first-order chi connectivity index (χ1) is 6.77. The summed E-state index contributed by atoms with van der Waals surface area (Å²) in [6.07, 6.45) is 5.38. The second-order valence-electron chi connectivity index (χ2n) is 4.33. The van der Waals surface area contributed by atoms with Gasteiger partial charge < -0.3 is 5.32 Å². The van der Waals surface area contributed by atoms with Gasteiger partial charge in [-0.3, -0.25) is 4.79 Å². The molecule has 14 heavy (non-hydrogen) atoms. The van der Waals surface area contributed by atoms with Crippen molar-refractivity contribution in [3.05, 3.63) is 12.7 Å². The lowest BCUT2D eigenvalue weighted by atomic mass is 9.96. The molecule has 1 unspecified atom stereocenters. The predicted octanol–water partition coefficient (Wildman–Crippen LogP) is 1.82. The number of hydrogen-bond acceptors (Lipinski definition) is 2. The third kappa shape index (κ3) is 1.97. The summed E-state index contributed by atoms with van der Waals surface area (Å²) in [4.78, 5) is 11.0. The molecule has 1 spiro atoms. The highest BCUT2D eigenvalue weighted by Gasteiger charge is 2.53. The number of thioether (sulfide) groups is 1. The smallest absolute Gasteiger partial charge is 0.243 e. The molecular weight excluding hydrogens is 194 g/mol. The van der Waals surface area contributed by atoms with Crippen molar-refractivity contribution >= 4 is 17.7 Å². The number of hydrogen-bond donors (Lipinski definition) is 1. The van der Waals surface area contributed by atoms with Gasteiger partial charge in [0.15, 0.2) is 0 Å². The molecular formula is C11H17NOS. The Labute approximate surface area is 89.5 Å². The summed E-state index contributed by atoms with van der Waals surface area (Å²) in [7, 11) is 0. The number of carbonyl (C=O) groups excluding carboxylic acids is 1. The molecule has 0 aromatic rings. The van der Waals surface area contributed by atoms with Crippen LogP contribution in [-0.2, 0) is 4.79 Å². The first-order valence-corrected chi connectivity index (χ1v) is 6.40. The van der Waals surface area contributed by atoms with Gasteiger partial charge in [0.1, 0.15) is 0 Å². The van der Waals surface area contributed by atoms with Crippen molar-refractivity contribution in [2.24, 2.45) is 11.3 Å². The molecule has 2 fully saturated rings. The molecule has 1 amide bonds. The molecule has 0 aromatic carbocycles. The van der Waals surface area contributed by atoms with E-state index in [1.54, 1.807) is 0 Å². The highest BCUT2D eigenvalue weighted by Crippen LogP contribution is 2.60. The molecule has 1 atom stereocenters. The zero-order chi connectivity index (χ0) is 10.0. The predicted molar refractivity (Wildman–Crippen MR) is 60.3 cm³/mol. The Bertz CT molecular complexity index is 246. The lowest BCUT2D eigenvalue weighted by molar-refractivity contribution is -0.116. The Hall–Kier alpha value is -0.440. The second-order valence-corrected chi connectivity index (χ2v) is 5.55. The van der Waals surface area contributed by atoms with Gasteiger partial charge in [-0.2, -0.15) is 11.8 Å². The molecule has 3 heteroatoms. The standard InChI is InChI=1S/C11H17NOS/c1-2-10(13)12-8-9-7-11(9)3-5-14-6-4-11/h2,9H,1,3-8H2,(H,12,13). The third-order valence-electron chi connectivity index (χ3n) is 3.56. The number of nitrogens with one attached hydrogen (secondary N) is 1. The van der Waals surface area contributed by atoms with E-state index in [9.17, 15) is 4.79 Å².